The first-order valence-electron chi connectivity index (χ1n) is 4.83. The van der Waals surface area contributed by atoms with Crippen molar-refractivity contribution in [3.8, 4) is 11.6 Å². The van der Waals surface area contributed by atoms with E-state index in [1.807, 2.05) is 0 Å². The molecule has 0 aliphatic carbocycles. The molecule has 0 spiro atoms. The Kier molecular flexibility index (Phi) is 3.24. The van der Waals surface area contributed by atoms with E-state index in [0.717, 1.165) is 18.2 Å². The summed E-state index contributed by atoms with van der Waals surface area (Å²) in [4.78, 5) is 7.83. The minimum absolute atomic E-state index is 0.0118. The summed E-state index contributed by atoms with van der Waals surface area (Å²) in [5.41, 5.74) is 5.85. The topological polar surface area (TPSA) is 61.0 Å². The normalized spacial score (nSPS) is 10.3. The second-order valence-corrected chi connectivity index (χ2v) is 3.22. The molecule has 0 bridgehead atoms. The van der Waals surface area contributed by atoms with Gasteiger partial charge in [-0.1, -0.05) is 0 Å². The number of nitrogens with zero attached hydrogens (tertiary/aromatic N) is 2. The van der Waals surface area contributed by atoms with E-state index in [4.69, 9.17) is 10.5 Å². The summed E-state index contributed by atoms with van der Waals surface area (Å²) in [5.74, 6) is -1.30. The lowest BCUT2D eigenvalue weighted by Crippen LogP contribution is -2.03. The van der Waals surface area contributed by atoms with Gasteiger partial charge in [-0.3, -0.25) is 4.98 Å². The Morgan fingerprint density at radius 1 is 1.06 bits per heavy atom. The van der Waals surface area contributed by atoms with E-state index in [-0.39, 0.29) is 18.2 Å². The minimum atomic E-state index is -0.724. The lowest BCUT2D eigenvalue weighted by molar-refractivity contribution is 0.442. The highest BCUT2D eigenvalue weighted by atomic mass is 19.1. The Morgan fingerprint density at radius 2 is 1.71 bits per heavy atom. The monoisotopic (exact) mass is 237 g/mol. The second kappa shape index (κ2) is 4.84. The molecule has 17 heavy (non-hydrogen) atoms. The molecule has 1 aromatic heterocycles. The van der Waals surface area contributed by atoms with Gasteiger partial charge in [0.15, 0.2) is 0 Å². The van der Waals surface area contributed by atoms with E-state index in [1.165, 1.54) is 12.4 Å². The molecule has 0 aliphatic rings. The van der Waals surface area contributed by atoms with Crippen LogP contribution in [0, 0.1) is 11.6 Å². The third kappa shape index (κ3) is 2.73. The molecular formula is C11H9F2N3O. The highest BCUT2D eigenvalue weighted by Gasteiger charge is 2.08. The van der Waals surface area contributed by atoms with E-state index >= 15 is 0 Å². The van der Waals surface area contributed by atoms with E-state index in [9.17, 15) is 8.78 Å². The van der Waals surface area contributed by atoms with Crippen LogP contribution < -0.4 is 10.5 Å². The average molecular weight is 237 g/mol. The molecule has 2 rings (SSSR count). The fourth-order valence-corrected chi connectivity index (χ4v) is 1.28. The fraction of sp³-hybridized carbons (Fsp3) is 0.0909. The van der Waals surface area contributed by atoms with Gasteiger partial charge in [0, 0.05) is 37.1 Å². The number of rotatable bonds is 3. The molecule has 2 N–H and O–H groups in total. The molecule has 0 saturated heterocycles. The predicted molar refractivity (Wildman–Crippen MR) is 56.4 cm³/mol. The SMILES string of the molecule is NCc1nccnc1Oc1cc(F)cc(F)c1. The van der Waals surface area contributed by atoms with Gasteiger partial charge in [-0.2, -0.15) is 0 Å². The number of benzene rings is 1. The van der Waals surface area contributed by atoms with Gasteiger partial charge in [0.1, 0.15) is 23.1 Å². The zero-order valence-corrected chi connectivity index (χ0v) is 8.73. The number of halogens is 2. The maximum Gasteiger partial charge on any atom is 0.242 e. The molecule has 88 valence electrons. The van der Waals surface area contributed by atoms with Crippen LogP contribution in [0.5, 0.6) is 11.6 Å². The largest absolute Gasteiger partial charge is 0.437 e. The van der Waals surface area contributed by atoms with Crippen molar-refractivity contribution in [2.24, 2.45) is 5.73 Å². The average Bonchev–Trinajstić information content (AvgIpc) is 2.28. The van der Waals surface area contributed by atoms with E-state index < -0.39 is 11.6 Å². The summed E-state index contributed by atoms with van der Waals surface area (Å²) >= 11 is 0. The van der Waals surface area contributed by atoms with Crippen LogP contribution in [0.2, 0.25) is 0 Å². The quantitative estimate of drug-likeness (QED) is 0.886. The van der Waals surface area contributed by atoms with Crippen LogP contribution in [0.15, 0.2) is 30.6 Å². The maximum atomic E-state index is 12.9. The van der Waals surface area contributed by atoms with Crippen molar-refractivity contribution < 1.29 is 13.5 Å². The number of hydrogen-bond acceptors (Lipinski definition) is 4. The molecule has 1 heterocycles. The Bertz CT molecular complexity index is 514. The summed E-state index contributed by atoms with van der Waals surface area (Å²) in [6, 6.07) is 2.86. The fourth-order valence-electron chi connectivity index (χ4n) is 1.28. The summed E-state index contributed by atoms with van der Waals surface area (Å²) in [6.45, 7) is 0.126. The number of nitrogens with two attached hydrogens (primary N) is 1. The van der Waals surface area contributed by atoms with Gasteiger partial charge < -0.3 is 10.5 Å². The third-order valence-electron chi connectivity index (χ3n) is 1.98. The highest BCUT2D eigenvalue weighted by Crippen LogP contribution is 2.23. The smallest absolute Gasteiger partial charge is 0.242 e. The Balaban J connectivity index is 2.31. The first kappa shape index (κ1) is 11.4. The first-order chi connectivity index (χ1) is 8.19. The van der Waals surface area contributed by atoms with Crippen LogP contribution in [0.4, 0.5) is 8.78 Å². The van der Waals surface area contributed by atoms with Crippen molar-refractivity contribution in [3.63, 3.8) is 0 Å². The van der Waals surface area contributed by atoms with Crippen LogP contribution in [0.1, 0.15) is 5.69 Å². The van der Waals surface area contributed by atoms with Crippen molar-refractivity contribution in [1.82, 2.24) is 9.97 Å². The predicted octanol–water partition coefficient (Wildman–Crippen LogP) is 2.01. The Morgan fingerprint density at radius 3 is 2.35 bits per heavy atom. The summed E-state index contributed by atoms with van der Waals surface area (Å²) in [7, 11) is 0. The van der Waals surface area contributed by atoms with Gasteiger partial charge >= 0.3 is 0 Å². The van der Waals surface area contributed by atoms with Gasteiger partial charge in [0.05, 0.1) is 0 Å². The number of ether oxygens (including phenoxy) is 1. The van der Waals surface area contributed by atoms with Crippen LogP contribution in [0.3, 0.4) is 0 Å². The number of hydrogen-bond donors (Lipinski definition) is 1. The van der Waals surface area contributed by atoms with Crippen molar-refractivity contribution in [3.05, 3.63) is 47.9 Å². The molecule has 0 radical (unpaired) electrons. The molecule has 0 fully saturated rings. The summed E-state index contributed by atoms with van der Waals surface area (Å²) in [5, 5.41) is 0. The molecule has 4 nitrogen and oxygen atoms in total. The maximum absolute atomic E-state index is 12.9. The lowest BCUT2D eigenvalue weighted by Gasteiger charge is -2.07. The molecule has 0 amide bonds. The Hall–Kier alpha value is -2.08. The van der Waals surface area contributed by atoms with Crippen molar-refractivity contribution in [1.29, 1.82) is 0 Å². The van der Waals surface area contributed by atoms with Crippen molar-refractivity contribution in [2.75, 3.05) is 0 Å². The van der Waals surface area contributed by atoms with Crippen LogP contribution in [-0.2, 0) is 6.54 Å². The molecule has 0 saturated carbocycles. The molecule has 0 atom stereocenters. The summed E-state index contributed by atoms with van der Waals surface area (Å²) < 4.78 is 31.1. The van der Waals surface area contributed by atoms with Gasteiger partial charge in [-0.05, 0) is 0 Å². The molecule has 6 heteroatoms. The minimum Gasteiger partial charge on any atom is -0.437 e. The van der Waals surface area contributed by atoms with E-state index in [1.54, 1.807) is 0 Å². The van der Waals surface area contributed by atoms with E-state index in [0.29, 0.717) is 5.69 Å². The Labute approximate surface area is 96.1 Å². The zero-order chi connectivity index (χ0) is 12.3. The van der Waals surface area contributed by atoms with Crippen molar-refractivity contribution >= 4 is 0 Å². The molecule has 1 aromatic carbocycles. The van der Waals surface area contributed by atoms with Gasteiger partial charge in [0.25, 0.3) is 0 Å². The van der Waals surface area contributed by atoms with Crippen LogP contribution in [-0.4, -0.2) is 9.97 Å². The zero-order valence-electron chi connectivity index (χ0n) is 8.73. The van der Waals surface area contributed by atoms with Crippen molar-refractivity contribution in [2.45, 2.75) is 6.54 Å². The molecule has 2 aromatic rings. The standard InChI is InChI=1S/C11H9F2N3O/c12-7-3-8(13)5-9(4-7)17-11-10(6-14)15-1-2-16-11/h1-5H,6,14H2. The highest BCUT2D eigenvalue weighted by molar-refractivity contribution is 5.29. The van der Waals surface area contributed by atoms with Gasteiger partial charge in [0.2, 0.25) is 5.88 Å². The second-order valence-electron chi connectivity index (χ2n) is 3.22. The van der Waals surface area contributed by atoms with Crippen LogP contribution in [0.25, 0.3) is 0 Å². The van der Waals surface area contributed by atoms with Gasteiger partial charge in [-0.15, -0.1) is 0 Å². The number of aromatic nitrogens is 2. The van der Waals surface area contributed by atoms with Gasteiger partial charge in [-0.25, -0.2) is 13.8 Å². The molecular weight excluding hydrogens is 228 g/mol. The van der Waals surface area contributed by atoms with E-state index in [2.05, 4.69) is 9.97 Å². The van der Waals surface area contributed by atoms with Crippen LogP contribution >= 0.6 is 0 Å². The summed E-state index contributed by atoms with van der Waals surface area (Å²) in [6.07, 6.45) is 2.87. The molecule has 0 unspecified atom stereocenters. The third-order valence-corrected chi connectivity index (χ3v) is 1.98. The lowest BCUT2D eigenvalue weighted by atomic mass is 10.3. The first-order valence-corrected chi connectivity index (χ1v) is 4.83. The molecule has 0 aliphatic heterocycles.